The van der Waals surface area contributed by atoms with E-state index in [2.05, 4.69) is 4.98 Å². The quantitative estimate of drug-likeness (QED) is 0.784. The Labute approximate surface area is 95.0 Å². The number of aromatic nitrogens is 2. The maximum atomic E-state index is 10.8. The molecule has 2 N–H and O–H groups in total. The first-order chi connectivity index (χ1) is 7.59. The van der Waals surface area contributed by atoms with Gasteiger partial charge in [-0.15, -0.1) is 0 Å². The van der Waals surface area contributed by atoms with E-state index < -0.39 is 22.4 Å². The zero-order valence-electron chi connectivity index (χ0n) is 8.65. The van der Waals surface area contributed by atoms with E-state index in [1.54, 1.807) is 22.9 Å². The van der Waals surface area contributed by atoms with Crippen LogP contribution in [0.2, 0.25) is 0 Å². The number of aliphatic hydroxyl groups excluding tert-OH is 1. The molecule has 0 aliphatic carbocycles. The first-order valence-corrected chi connectivity index (χ1v) is 5.98. The number of hydrogen-bond donors (Lipinski definition) is 2. The van der Waals surface area contributed by atoms with Crippen LogP contribution in [0.5, 0.6) is 0 Å². The van der Waals surface area contributed by atoms with Crippen LogP contribution in [0.4, 0.5) is 0 Å². The topological polar surface area (TPSA) is 74.8 Å². The van der Waals surface area contributed by atoms with E-state index in [1.807, 2.05) is 12.1 Å². The first kappa shape index (κ1) is 11.3. The highest BCUT2D eigenvalue weighted by atomic mass is 32.2. The molecule has 0 aromatic carbocycles. The van der Waals surface area contributed by atoms with Gasteiger partial charge in [-0.3, -0.25) is 0 Å². The molecular weight excluding hydrogens is 228 g/mol. The minimum atomic E-state index is -2.06. The van der Waals surface area contributed by atoms with Crippen molar-refractivity contribution in [1.82, 2.24) is 9.38 Å². The van der Waals surface area contributed by atoms with Gasteiger partial charge in [-0.2, -0.15) is 0 Å². The van der Waals surface area contributed by atoms with E-state index in [0.717, 1.165) is 0 Å². The number of hydrogen-bond acceptors (Lipinski definition) is 3. The zero-order valence-corrected chi connectivity index (χ0v) is 9.46. The van der Waals surface area contributed by atoms with Gasteiger partial charge in [0.15, 0.2) is 11.1 Å². The Bertz CT molecular complexity index is 493. The van der Waals surface area contributed by atoms with Crippen molar-refractivity contribution >= 4 is 16.7 Å². The van der Waals surface area contributed by atoms with Gasteiger partial charge in [-0.05, 0) is 19.1 Å². The molecule has 86 valence electrons. The van der Waals surface area contributed by atoms with E-state index in [-0.39, 0.29) is 0 Å². The molecule has 2 aromatic heterocycles. The van der Waals surface area contributed by atoms with Gasteiger partial charge in [-0.25, -0.2) is 9.19 Å². The van der Waals surface area contributed by atoms with Crippen molar-refractivity contribution < 1.29 is 13.9 Å². The summed E-state index contributed by atoms with van der Waals surface area (Å²) in [6.45, 7) is 1.50. The fourth-order valence-electron chi connectivity index (χ4n) is 1.45. The van der Waals surface area contributed by atoms with Gasteiger partial charge >= 0.3 is 0 Å². The Morgan fingerprint density at radius 3 is 2.88 bits per heavy atom. The molecule has 2 heterocycles. The standard InChI is InChI=1S/C10H12N2O3S/c1-7(16(14)15)10(13)8-6-12-5-3-2-4-9(12)11-8/h2-7,10,13H,1H3,(H,14,15)/t7-,10-/m1/s1. The van der Waals surface area contributed by atoms with Crippen molar-refractivity contribution in [2.24, 2.45) is 0 Å². The van der Waals surface area contributed by atoms with Gasteiger partial charge in [0.05, 0.1) is 10.9 Å². The summed E-state index contributed by atoms with van der Waals surface area (Å²) < 4.78 is 21.5. The second-order valence-corrected chi connectivity index (χ2v) is 4.85. The molecule has 0 bridgehead atoms. The number of rotatable bonds is 3. The smallest absolute Gasteiger partial charge is 0.158 e. The lowest BCUT2D eigenvalue weighted by Crippen LogP contribution is -2.20. The third-order valence-corrected chi connectivity index (χ3v) is 3.34. The molecule has 0 spiro atoms. The van der Waals surface area contributed by atoms with E-state index in [1.165, 1.54) is 6.92 Å². The predicted octanol–water partition coefficient (Wildman–Crippen LogP) is 0.978. The van der Waals surface area contributed by atoms with Gasteiger partial charge in [0, 0.05) is 12.4 Å². The second kappa shape index (κ2) is 4.32. The van der Waals surface area contributed by atoms with Crippen LogP contribution in [0, 0.1) is 0 Å². The molecule has 0 radical (unpaired) electrons. The lowest BCUT2D eigenvalue weighted by atomic mass is 10.2. The minimum absolute atomic E-state index is 0.404. The first-order valence-electron chi connectivity index (χ1n) is 4.81. The summed E-state index contributed by atoms with van der Waals surface area (Å²) >= 11 is -2.06. The van der Waals surface area contributed by atoms with E-state index in [0.29, 0.717) is 11.3 Å². The molecule has 0 fully saturated rings. The lowest BCUT2D eigenvalue weighted by Gasteiger charge is -2.12. The van der Waals surface area contributed by atoms with Crippen LogP contribution in [-0.2, 0) is 11.1 Å². The molecule has 0 saturated carbocycles. The molecule has 16 heavy (non-hydrogen) atoms. The summed E-state index contributed by atoms with van der Waals surface area (Å²) in [6.07, 6.45) is 2.42. The van der Waals surface area contributed by atoms with Crippen molar-refractivity contribution in [3.63, 3.8) is 0 Å². The fourth-order valence-corrected chi connectivity index (χ4v) is 1.81. The van der Waals surface area contributed by atoms with Crippen LogP contribution in [0.1, 0.15) is 18.7 Å². The maximum Gasteiger partial charge on any atom is 0.158 e. The van der Waals surface area contributed by atoms with Gasteiger partial charge in [0.2, 0.25) is 0 Å². The number of fused-ring (bicyclic) bond motifs is 1. The van der Waals surface area contributed by atoms with Crippen molar-refractivity contribution in [3.05, 3.63) is 36.3 Å². The van der Waals surface area contributed by atoms with Gasteiger partial charge < -0.3 is 14.1 Å². The number of imidazole rings is 1. The third kappa shape index (κ3) is 1.99. The molecule has 1 unspecified atom stereocenters. The predicted molar refractivity (Wildman–Crippen MR) is 60.4 cm³/mol. The summed E-state index contributed by atoms with van der Waals surface area (Å²) in [7, 11) is 0. The normalized spacial score (nSPS) is 17.2. The molecule has 0 amide bonds. The van der Waals surface area contributed by atoms with Crippen LogP contribution < -0.4 is 0 Å². The molecular formula is C10H12N2O3S. The average molecular weight is 240 g/mol. The van der Waals surface area contributed by atoms with Crippen molar-refractivity contribution in [3.8, 4) is 0 Å². The molecule has 2 rings (SSSR count). The zero-order chi connectivity index (χ0) is 11.7. The monoisotopic (exact) mass is 240 g/mol. The summed E-state index contributed by atoms with van der Waals surface area (Å²) in [4.78, 5) is 4.18. The summed E-state index contributed by atoms with van der Waals surface area (Å²) in [5.41, 5.74) is 1.11. The molecule has 3 atom stereocenters. The second-order valence-electron chi connectivity index (χ2n) is 3.56. The Hall–Kier alpha value is -1.24. The molecule has 0 saturated heterocycles. The van der Waals surface area contributed by atoms with Crippen LogP contribution in [-0.4, -0.2) is 28.5 Å². The van der Waals surface area contributed by atoms with E-state index in [4.69, 9.17) is 4.55 Å². The summed E-state index contributed by atoms with van der Waals surface area (Å²) in [5, 5.41) is 9.07. The molecule has 6 heteroatoms. The highest BCUT2D eigenvalue weighted by Crippen LogP contribution is 2.19. The minimum Gasteiger partial charge on any atom is -0.385 e. The van der Waals surface area contributed by atoms with Crippen LogP contribution >= 0.6 is 0 Å². The van der Waals surface area contributed by atoms with Crippen molar-refractivity contribution in [2.45, 2.75) is 18.3 Å². The van der Waals surface area contributed by atoms with E-state index in [9.17, 15) is 9.32 Å². The SMILES string of the molecule is C[C@H]([C@@H](O)c1cn2ccccc2n1)S(=O)O. The summed E-state index contributed by atoms with van der Waals surface area (Å²) in [5.74, 6) is 0. The molecule has 2 aromatic rings. The maximum absolute atomic E-state index is 10.8. The highest BCUT2D eigenvalue weighted by Gasteiger charge is 2.23. The molecule has 0 aliphatic rings. The Kier molecular flexibility index (Phi) is 3.04. The van der Waals surface area contributed by atoms with Crippen molar-refractivity contribution in [1.29, 1.82) is 0 Å². The number of pyridine rings is 1. The lowest BCUT2D eigenvalue weighted by molar-refractivity contribution is 0.171. The van der Waals surface area contributed by atoms with Crippen LogP contribution in [0.3, 0.4) is 0 Å². The number of aliphatic hydroxyl groups is 1. The van der Waals surface area contributed by atoms with Crippen molar-refractivity contribution in [2.75, 3.05) is 0 Å². The average Bonchev–Trinajstić information content (AvgIpc) is 2.70. The van der Waals surface area contributed by atoms with E-state index >= 15 is 0 Å². The highest BCUT2D eigenvalue weighted by molar-refractivity contribution is 7.79. The summed E-state index contributed by atoms with van der Waals surface area (Å²) in [6, 6.07) is 5.49. The van der Waals surface area contributed by atoms with Gasteiger partial charge in [-0.1, -0.05) is 6.07 Å². The fraction of sp³-hybridized carbons (Fsp3) is 0.300. The number of nitrogens with zero attached hydrogens (tertiary/aromatic N) is 2. The largest absolute Gasteiger partial charge is 0.385 e. The van der Waals surface area contributed by atoms with Gasteiger partial charge in [0.25, 0.3) is 0 Å². The molecule has 5 nitrogen and oxygen atoms in total. The Balaban J connectivity index is 2.36. The Morgan fingerprint density at radius 1 is 1.50 bits per heavy atom. The van der Waals surface area contributed by atoms with Gasteiger partial charge in [0.1, 0.15) is 11.8 Å². The third-order valence-electron chi connectivity index (χ3n) is 2.45. The molecule has 0 aliphatic heterocycles. The van der Waals surface area contributed by atoms with Crippen LogP contribution in [0.15, 0.2) is 30.6 Å². The van der Waals surface area contributed by atoms with Crippen LogP contribution in [0.25, 0.3) is 5.65 Å². The Morgan fingerprint density at radius 2 is 2.25 bits per heavy atom.